The molecule has 0 heterocycles. The van der Waals surface area contributed by atoms with Crippen LogP contribution < -0.4 is 4.74 Å². The molecule has 1 unspecified atom stereocenters. The first-order chi connectivity index (χ1) is 9.04. The lowest BCUT2D eigenvalue weighted by atomic mass is 10.0. The number of hydrogen-bond acceptors (Lipinski definition) is 1. The highest BCUT2D eigenvalue weighted by atomic mass is 79.9. The lowest BCUT2D eigenvalue weighted by Crippen LogP contribution is -1.99. The van der Waals surface area contributed by atoms with Crippen LogP contribution in [0.25, 0.3) is 0 Å². The second-order valence-electron chi connectivity index (χ2n) is 3.89. The predicted octanol–water partition coefficient (Wildman–Crippen LogP) is 5.58. The fourth-order valence-corrected chi connectivity index (χ4v) is 3.09. The van der Waals surface area contributed by atoms with Gasteiger partial charge >= 0.3 is 0 Å². The number of methoxy groups -OCH3 is 1. The number of hydrogen-bond donors (Lipinski definition) is 0. The van der Waals surface area contributed by atoms with Crippen LogP contribution in [-0.4, -0.2) is 7.11 Å². The molecule has 0 radical (unpaired) electrons. The quantitative estimate of drug-likeness (QED) is 0.647. The van der Waals surface area contributed by atoms with Crippen LogP contribution in [0.4, 0.5) is 4.39 Å². The molecule has 1 atom stereocenters. The van der Waals surface area contributed by atoms with Crippen molar-refractivity contribution in [1.29, 1.82) is 0 Å². The summed E-state index contributed by atoms with van der Waals surface area (Å²) in [7, 11) is 1.53. The molecule has 0 saturated carbocycles. The molecule has 0 aliphatic carbocycles. The molecule has 0 aromatic heterocycles. The Balaban J connectivity index is 2.44. The maximum atomic E-state index is 13.9. The molecule has 19 heavy (non-hydrogen) atoms. The number of alkyl halides is 1. The van der Waals surface area contributed by atoms with Crippen molar-refractivity contribution in [3.8, 4) is 5.75 Å². The second-order valence-corrected chi connectivity index (χ2v) is 5.59. The summed E-state index contributed by atoms with van der Waals surface area (Å²) in [5.41, 5.74) is 1.10. The van der Waals surface area contributed by atoms with Crippen LogP contribution in [0.1, 0.15) is 16.5 Å². The van der Waals surface area contributed by atoms with Crippen molar-refractivity contribution in [3.05, 3.63) is 62.8 Å². The van der Waals surface area contributed by atoms with E-state index < -0.39 is 5.38 Å². The summed E-state index contributed by atoms with van der Waals surface area (Å²) in [6.45, 7) is 0. The van der Waals surface area contributed by atoms with E-state index in [0.717, 1.165) is 0 Å². The van der Waals surface area contributed by atoms with E-state index in [-0.39, 0.29) is 5.82 Å². The average Bonchev–Trinajstić information content (AvgIpc) is 2.38. The minimum absolute atomic E-state index is 0.360. The topological polar surface area (TPSA) is 9.23 Å². The van der Waals surface area contributed by atoms with Gasteiger partial charge in [-0.05, 0) is 29.8 Å². The van der Waals surface area contributed by atoms with Crippen LogP contribution in [0.3, 0.4) is 0 Å². The Morgan fingerprint density at radius 2 is 2.00 bits per heavy atom. The summed E-state index contributed by atoms with van der Waals surface area (Å²) < 4.78 is 19.6. The van der Waals surface area contributed by atoms with Gasteiger partial charge in [0.1, 0.15) is 11.6 Å². The fourth-order valence-electron chi connectivity index (χ4n) is 1.76. The van der Waals surface area contributed by atoms with Crippen LogP contribution in [0.5, 0.6) is 5.75 Å². The van der Waals surface area contributed by atoms with Crippen molar-refractivity contribution in [2.75, 3.05) is 7.11 Å². The fraction of sp³-hybridized carbons (Fsp3) is 0.143. The van der Waals surface area contributed by atoms with E-state index in [4.69, 9.17) is 27.9 Å². The van der Waals surface area contributed by atoms with E-state index in [0.29, 0.717) is 26.4 Å². The van der Waals surface area contributed by atoms with Gasteiger partial charge in [-0.2, -0.15) is 0 Å². The molecule has 0 amide bonds. The molecule has 0 fully saturated rings. The predicted molar refractivity (Wildman–Crippen MR) is 79.8 cm³/mol. The number of benzene rings is 2. The van der Waals surface area contributed by atoms with Gasteiger partial charge in [0.25, 0.3) is 0 Å². The molecule has 0 spiro atoms. The molecule has 0 saturated heterocycles. The summed E-state index contributed by atoms with van der Waals surface area (Å²) in [4.78, 5) is 0. The lowest BCUT2D eigenvalue weighted by molar-refractivity contribution is 0.415. The number of rotatable bonds is 3. The largest absolute Gasteiger partial charge is 0.495 e. The highest BCUT2D eigenvalue weighted by molar-refractivity contribution is 9.10. The molecule has 0 N–H and O–H groups in total. The minimum Gasteiger partial charge on any atom is -0.495 e. The van der Waals surface area contributed by atoms with Gasteiger partial charge in [-0.15, -0.1) is 11.6 Å². The van der Waals surface area contributed by atoms with Crippen molar-refractivity contribution >= 4 is 39.1 Å². The monoisotopic (exact) mass is 362 g/mol. The Morgan fingerprint density at radius 1 is 1.26 bits per heavy atom. The van der Waals surface area contributed by atoms with E-state index >= 15 is 0 Å². The van der Waals surface area contributed by atoms with Crippen molar-refractivity contribution in [2.24, 2.45) is 0 Å². The van der Waals surface area contributed by atoms with Crippen molar-refractivity contribution < 1.29 is 9.13 Å². The summed E-state index contributed by atoms with van der Waals surface area (Å²) in [5.74, 6) is 0.197. The van der Waals surface area contributed by atoms with Crippen LogP contribution in [-0.2, 0) is 0 Å². The smallest absolute Gasteiger partial charge is 0.137 e. The third kappa shape index (κ3) is 3.04. The molecular weight excluding hydrogens is 354 g/mol. The first-order valence-electron chi connectivity index (χ1n) is 5.46. The standard InChI is InChI=1S/C14H10BrCl2FO/c1-19-12-6-5-8(7-10(12)16)14(17)13-9(15)3-2-4-11(13)18/h2-7,14H,1H3. The third-order valence-electron chi connectivity index (χ3n) is 2.72. The maximum absolute atomic E-state index is 13.9. The molecular formula is C14H10BrCl2FO. The molecule has 0 bridgehead atoms. The highest BCUT2D eigenvalue weighted by Gasteiger charge is 2.19. The zero-order valence-electron chi connectivity index (χ0n) is 9.96. The van der Waals surface area contributed by atoms with E-state index in [1.807, 2.05) is 0 Å². The molecule has 100 valence electrons. The number of ether oxygens (including phenoxy) is 1. The van der Waals surface area contributed by atoms with Crippen molar-refractivity contribution in [1.82, 2.24) is 0 Å². The van der Waals surface area contributed by atoms with Gasteiger partial charge in [-0.25, -0.2) is 4.39 Å². The molecule has 2 aromatic carbocycles. The highest BCUT2D eigenvalue weighted by Crippen LogP contribution is 2.38. The Bertz CT molecular complexity index is 584. The first kappa shape index (κ1) is 14.6. The Morgan fingerprint density at radius 3 is 2.58 bits per heavy atom. The average molecular weight is 364 g/mol. The summed E-state index contributed by atoms with van der Waals surface area (Å²) in [6, 6.07) is 9.90. The van der Waals surface area contributed by atoms with Crippen molar-refractivity contribution in [2.45, 2.75) is 5.38 Å². The van der Waals surface area contributed by atoms with Gasteiger partial charge in [0.2, 0.25) is 0 Å². The second kappa shape index (κ2) is 6.12. The van der Waals surface area contributed by atoms with Gasteiger partial charge in [-0.3, -0.25) is 0 Å². The third-order valence-corrected chi connectivity index (χ3v) is 4.18. The Hall–Kier alpha value is -0.770. The lowest BCUT2D eigenvalue weighted by Gasteiger charge is -2.14. The minimum atomic E-state index is -0.626. The van der Waals surface area contributed by atoms with Gasteiger partial charge < -0.3 is 4.74 Å². The molecule has 2 rings (SSSR count). The maximum Gasteiger partial charge on any atom is 0.137 e. The molecule has 0 aliphatic rings. The van der Waals surface area contributed by atoms with E-state index in [1.165, 1.54) is 13.2 Å². The summed E-state index contributed by atoms with van der Waals surface area (Å²) in [5, 5.41) is -0.183. The summed E-state index contributed by atoms with van der Waals surface area (Å²) in [6.07, 6.45) is 0. The molecule has 1 nitrogen and oxygen atoms in total. The SMILES string of the molecule is COc1ccc(C(Cl)c2c(F)cccc2Br)cc1Cl. The number of halogens is 4. The van der Waals surface area contributed by atoms with Crippen LogP contribution in [0, 0.1) is 5.82 Å². The van der Waals surface area contributed by atoms with E-state index in [2.05, 4.69) is 15.9 Å². The van der Waals surface area contributed by atoms with E-state index in [1.54, 1.807) is 30.3 Å². The van der Waals surface area contributed by atoms with E-state index in [9.17, 15) is 4.39 Å². The van der Waals surface area contributed by atoms with Crippen molar-refractivity contribution in [3.63, 3.8) is 0 Å². The Labute approximate surface area is 129 Å². The van der Waals surface area contributed by atoms with Gasteiger partial charge in [0.05, 0.1) is 17.5 Å². The van der Waals surface area contributed by atoms with Gasteiger partial charge in [-0.1, -0.05) is 39.7 Å². The molecule has 0 aliphatic heterocycles. The van der Waals surface area contributed by atoms with Gasteiger partial charge in [0, 0.05) is 10.0 Å². The zero-order valence-corrected chi connectivity index (χ0v) is 13.1. The molecule has 2 aromatic rings. The Kier molecular flexibility index (Phi) is 4.71. The summed E-state index contributed by atoms with van der Waals surface area (Å²) >= 11 is 15.7. The van der Waals surface area contributed by atoms with Crippen LogP contribution >= 0.6 is 39.1 Å². The molecule has 5 heteroatoms. The van der Waals surface area contributed by atoms with Crippen LogP contribution in [0.2, 0.25) is 5.02 Å². The van der Waals surface area contributed by atoms with Gasteiger partial charge in [0.15, 0.2) is 0 Å². The zero-order chi connectivity index (χ0) is 14.0. The van der Waals surface area contributed by atoms with Crippen LogP contribution in [0.15, 0.2) is 40.9 Å². The normalized spacial score (nSPS) is 12.3. The first-order valence-corrected chi connectivity index (χ1v) is 7.06.